The fourth-order valence-electron chi connectivity index (χ4n) is 3.05. The van der Waals surface area contributed by atoms with E-state index in [1.165, 1.54) is 10.8 Å². The SMILES string of the molecule is C#CC1(O)CCCC1.COc1ccc(C#Cc2c(C)nc3ncnn3c2N)cc1. The van der Waals surface area contributed by atoms with E-state index in [0.29, 0.717) is 17.2 Å². The molecule has 1 fully saturated rings. The first kappa shape index (κ1) is 20.2. The predicted octanol–water partition coefficient (Wildman–Crippen LogP) is 2.35. The number of terminal acetylenes is 1. The molecule has 1 aliphatic carbocycles. The molecule has 2 aromatic heterocycles. The van der Waals surface area contributed by atoms with Crippen LogP contribution in [0.3, 0.4) is 0 Å². The van der Waals surface area contributed by atoms with Crippen LogP contribution in [0.1, 0.15) is 42.5 Å². The summed E-state index contributed by atoms with van der Waals surface area (Å²) in [5.74, 6) is 10.2. The maximum atomic E-state index is 9.26. The zero-order valence-electron chi connectivity index (χ0n) is 16.5. The summed E-state index contributed by atoms with van der Waals surface area (Å²) in [4.78, 5) is 8.34. The number of nitrogens with two attached hydrogens (primary N) is 1. The van der Waals surface area contributed by atoms with Gasteiger partial charge in [0.05, 0.1) is 18.4 Å². The van der Waals surface area contributed by atoms with Crippen molar-refractivity contribution in [1.82, 2.24) is 19.6 Å². The first-order chi connectivity index (χ1) is 14.0. The van der Waals surface area contributed by atoms with Crippen molar-refractivity contribution in [3.8, 4) is 29.9 Å². The van der Waals surface area contributed by atoms with Gasteiger partial charge in [-0.1, -0.05) is 17.8 Å². The topological polar surface area (TPSA) is 98.6 Å². The fourth-order valence-corrected chi connectivity index (χ4v) is 3.05. The fraction of sp³-hybridized carbons (Fsp3) is 0.318. The van der Waals surface area contributed by atoms with Crippen LogP contribution in [-0.4, -0.2) is 37.4 Å². The first-order valence-electron chi connectivity index (χ1n) is 9.28. The molecule has 1 aliphatic rings. The lowest BCUT2D eigenvalue weighted by Crippen LogP contribution is -2.20. The quantitative estimate of drug-likeness (QED) is 0.620. The molecule has 148 valence electrons. The van der Waals surface area contributed by atoms with Crippen LogP contribution in [0.25, 0.3) is 5.78 Å². The molecule has 0 spiro atoms. The van der Waals surface area contributed by atoms with E-state index in [4.69, 9.17) is 16.9 Å². The molecular formula is C22H23N5O2. The molecule has 3 N–H and O–H groups in total. The molecule has 7 heteroatoms. The number of nitrogens with zero attached hydrogens (tertiary/aromatic N) is 4. The van der Waals surface area contributed by atoms with E-state index in [9.17, 15) is 5.11 Å². The van der Waals surface area contributed by atoms with E-state index >= 15 is 0 Å². The largest absolute Gasteiger partial charge is 0.497 e. The number of rotatable bonds is 1. The Hall–Kier alpha value is -3.55. The summed E-state index contributed by atoms with van der Waals surface area (Å²) in [7, 11) is 1.63. The summed E-state index contributed by atoms with van der Waals surface area (Å²) in [5, 5.41) is 13.3. The number of aromatic nitrogens is 4. The van der Waals surface area contributed by atoms with Gasteiger partial charge in [-0.2, -0.15) is 14.6 Å². The van der Waals surface area contributed by atoms with Crippen LogP contribution < -0.4 is 10.5 Å². The summed E-state index contributed by atoms with van der Waals surface area (Å²) in [5.41, 5.74) is 7.59. The van der Waals surface area contributed by atoms with Gasteiger partial charge in [0.15, 0.2) is 0 Å². The molecule has 0 radical (unpaired) electrons. The van der Waals surface area contributed by atoms with Gasteiger partial charge in [-0.25, -0.2) is 4.98 Å². The van der Waals surface area contributed by atoms with Crippen molar-refractivity contribution in [2.75, 3.05) is 12.8 Å². The molecule has 1 aromatic carbocycles. The summed E-state index contributed by atoms with van der Waals surface area (Å²) < 4.78 is 6.59. The summed E-state index contributed by atoms with van der Waals surface area (Å²) in [6.45, 7) is 1.85. The highest BCUT2D eigenvalue weighted by atomic mass is 16.5. The number of fused-ring (bicyclic) bond motifs is 1. The van der Waals surface area contributed by atoms with Crippen molar-refractivity contribution in [3.05, 3.63) is 47.4 Å². The minimum Gasteiger partial charge on any atom is -0.497 e. The number of aliphatic hydroxyl groups is 1. The molecule has 4 rings (SSSR count). The highest BCUT2D eigenvalue weighted by Crippen LogP contribution is 2.28. The molecule has 1 saturated carbocycles. The number of methoxy groups -OCH3 is 1. The number of hydrogen-bond acceptors (Lipinski definition) is 6. The molecule has 2 heterocycles. The Labute approximate surface area is 169 Å². The number of aryl methyl sites for hydroxylation is 1. The van der Waals surface area contributed by atoms with Gasteiger partial charge in [0.1, 0.15) is 23.5 Å². The van der Waals surface area contributed by atoms with Crippen molar-refractivity contribution < 1.29 is 9.84 Å². The Morgan fingerprint density at radius 1 is 1.21 bits per heavy atom. The number of nitrogen functional groups attached to an aromatic ring is 1. The highest BCUT2D eigenvalue weighted by molar-refractivity contribution is 5.59. The van der Waals surface area contributed by atoms with Gasteiger partial charge >= 0.3 is 0 Å². The second-order valence-electron chi connectivity index (χ2n) is 6.79. The van der Waals surface area contributed by atoms with Crippen LogP contribution in [0.5, 0.6) is 5.75 Å². The van der Waals surface area contributed by atoms with Crippen LogP contribution in [0.2, 0.25) is 0 Å². The zero-order chi connectivity index (χ0) is 20.9. The van der Waals surface area contributed by atoms with E-state index in [1.54, 1.807) is 7.11 Å². The lowest BCUT2D eigenvalue weighted by Gasteiger charge is -2.11. The van der Waals surface area contributed by atoms with Gasteiger partial charge in [0.2, 0.25) is 0 Å². The Kier molecular flexibility index (Phi) is 6.01. The third-order valence-electron chi connectivity index (χ3n) is 4.76. The number of benzene rings is 1. The van der Waals surface area contributed by atoms with E-state index in [1.807, 2.05) is 31.2 Å². The Bertz CT molecular complexity index is 1090. The smallest absolute Gasteiger partial charge is 0.254 e. The van der Waals surface area contributed by atoms with E-state index in [0.717, 1.165) is 42.7 Å². The van der Waals surface area contributed by atoms with Gasteiger partial charge in [0.25, 0.3) is 5.78 Å². The molecule has 0 atom stereocenters. The summed E-state index contributed by atoms with van der Waals surface area (Å²) in [6.07, 6.45) is 10.2. The normalized spacial score (nSPS) is 14.3. The highest BCUT2D eigenvalue weighted by Gasteiger charge is 2.27. The van der Waals surface area contributed by atoms with E-state index in [-0.39, 0.29) is 0 Å². The van der Waals surface area contributed by atoms with Gasteiger partial charge in [-0.15, -0.1) is 6.42 Å². The van der Waals surface area contributed by atoms with Crippen LogP contribution in [0.4, 0.5) is 5.82 Å². The third-order valence-corrected chi connectivity index (χ3v) is 4.76. The zero-order valence-corrected chi connectivity index (χ0v) is 16.5. The molecule has 7 nitrogen and oxygen atoms in total. The molecule has 0 aliphatic heterocycles. The van der Waals surface area contributed by atoms with Gasteiger partial charge in [0, 0.05) is 5.56 Å². The van der Waals surface area contributed by atoms with Crippen molar-refractivity contribution in [2.24, 2.45) is 0 Å². The second-order valence-corrected chi connectivity index (χ2v) is 6.79. The minimum atomic E-state index is -0.736. The van der Waals surface area contributed by atoms with Gasteiger partial charge in [-0.3, -0.25) is 0 Å². The number of hydrogen-bond donors (Lipinski definition) is 2. The maximum absolute atomic E-state index is 9.26. The third kappa shape index (κ3) is 4.66. The molecular weight excluding hydrogens is 366 g/mol. The number of ether oxygens (including phenoxy) is 1. The second kappa shape index (κ2) is 8.64. The molecule has 0 bridgehead atoms. The van der Waals surface area contributed by atoms with Gasteiger partial charge in [-0.05, 0) is 56.9 Å². The molecule has 0 saturated heterocycles. The van der Waals surface area contributed by atoms with E-state index in [2.05, 4.69) is 32.8 Å². The molecule has 0 amide bonds. The van der Waals surface area contributed by atoms with Crippen molar-refractivity contribution in [1.29, 1.82) is 0 Å². The standard InChI is InChI=1S/C15H13N5O.C7H10O/c1-10-13(14(16)20-15(19-10)17-9-18-20)8-5-11-3-6-12(21-2)7-4-11;1-2-7(8)5-3-4-6-7/h3-4,6-7,9H,16H2,1-2H3;1,8H,3-6H2. The molecule has 29 heavy (non-hydrogen) atoms. The Morgan fingerprint density at radius 3 is 2.48 bits per heavy atom. The van der Waals surface area contributed by atoms with Crippen molar-refractivity contribution in [2.45, 2.75) is 38.2 Å². The lowest BCUT2D eigenvalue weighted by molar-refractivity contribution is 0.110. The average Bonchev–Trinajstić information content (AvgIpc) is 3.38. The van der Waals surface area contributed by atoms with Crippen LogP contribution in [0, 0.1) is 31.1 Å². The van der Waals surface area contributed by atoms with Gasteiger partial charge < -0.3 is 15.6 Å². The van der Waals surface area contributed by atoms with Crippen molar-refractivity contribution in [3.63, 3.8) is 0 Å². The average molecular weight is 389 g/mol. The maximum Gasteiger partial charge on any atom is 0.254 e. The monoisotopic (exact) mass is 389 g/mol. The molecule has 3 aromatic rings. The summed E-state index contributed by atoms with van der Waals surface area (Å²) >= 11 is 0. The Morgan fingerprint density at radius 2 is 1.90 bits per heavy atom. The first-order valence-corrected chi connectivity index (χ1v) is 9.28. The lowest BCUT2D eigenvalue weighted by atomic mass is 10.1. The van der Waals surface area contributed by atoms with E-state index < -0.39 is 5.60 Å². The summed E-state index contributed by atoms with van der Waals surface area (Å²) in [6, 6.07) is 7.50. The van der Waals surface area contributed by atoms with Crippen LogP contribution in [0.15, 0.2) is 30.6 Å². The van der Waals surface area contributed by atoms with Crippen LogP contribution >= 0.6 is 0 Å². The van der Waals surface area contributed by atoms with Crippen molar-refractivity contribution >= 4 is 11.6 Å². The minimum absolute atomic E-state index is 0.441. The molecule has 0 unspecified atom stereocenters. The Balaban J connectivity index is 0.000000252. The van der Waals surface area contributed by atoms with Crippen LogP contribution in [-0.2, 0) is 0 Å². The number of anilines is 1. The predicted molar refractivity (Wildman–Crippen MR) is 111 cm³/mol.